The van der Waals surface area contributed by atoms with E-state index in [1.54, 1.807) is 30.5 Å². The van der Waals surface area contributed by atoms with Crippen molar-refractivity contribution in [3.05, 3.63) is 41.2 Å². The van der Waals surface area contributed by atoms with Gasteiger partial charge >= 0.3 is 0 Å². The van der Waals surface area contributed by atoms with E-state index < -0.39 is 0 Å². The lowest BCUT2D eigenvalue weighted by Crippen LogP contribution is -2.15. The SMILES string of the molecule is COc1ccc(Cl)cc1NC(=O)Cc1ccn[nH]1. The number of nitrogens with zero attached hydrogens (tertiary/aromatic N) is 1. The highest BCUT2D eigenvalue weighted by Gasteiger charge is 2.09. The minimum atomic E-state index is -0.167. The molecule has 0 aliphatic rings. The number of benzene rings is 1. The molecule has 0 bridgehead atoms. The Kier molecular flexibility index (Phi) is 3.84. The zero-order chi connectivity index (χ0) is 13.0. The first kappa shape index (κ1) is 12.4. The van der Waals surface area contributed by atoms with Crippen molar-refractivity contribution in [3.63, 3.8) is 0 Å². The highest BCUT2D eigenvalue weighted by Crippen LogP contribution is 2.27. The first-order valence-electron chi connectivity index (χ1n) is 5.30. The fraction of sp³-hybridized carbons (Fsp3) is 0.167. The number of H-pyrrole nitrogens is 1. The number of nitrogens with one attached hydrogen (secondary N) is 2. The van der Waals surface area contributed by atoms with Crippen molar-refractivity contribution in [1.29, 1.82) is 0 Å². The monoisotopic (exact) mass is 265 g/mol. The Bertz CT molecular complexity index is 540. The zero-order valence-electron chi connectivity index (χ0n) is 9.74. The quantitative estimate of drug-likeness (QED) is 0.891. The van der Waals surface area contributed by atoms with Gasteiger partial charge in [-0.1, -0.05) is 11.6 Å². The molecule has 2 rings (SSSR count). The highest BCUT2D eigenvalue weighted by atomic mass is 35.5. The molecule has 1 aromatic heterocycles. The average Bonchev–Trinajstić information content (AvgIpc) is 2.82. The Hall–Kier alpha value is -2.01. The summed E-state index contributed by atoms with van der Waals surface area (Å²) < 4.78 is 5.14. The van der Waals surface area contributed by atoms with Crippen molar-refractivity contribution < 1.29 is 9.53 Å². The second-order valence-electron chi connectivity index (χ2n) is 3.65. The van der Waals surface area contributed by atoms with Gasteiger partial charge in [0.15, 0.2) is 0 Å². The van der Waals surface area contributed by atoms with Gasteiger partial charge in [0.1, 0.15) is 5.75 Å². The Balaban J connectivity index is 2.08. The number of ether oxygens (including phenoxy) is 1. The van der Waals surface area contributed by atoms with Crippen LogP contribution >= 0.6 is 11.6 Å². The maximum absolute atomic E-state index is 11.8. The summed E-state index contributed by atoms with van der Waals surface area (Å²) in [5, 5.41) is 9.78. The summed E-state index contributed by atoms with van der Waals surface area (Å²) in [7, 11) is 1.54. The van der Waals surface area contributed by atoms with Crippen LogP contribution < -0.4 is 10.1 Å². The molecule has 2 aromatic rings. The molecule has 0 aliphatic heterocycles. The number of carbonyl (C=O) groups excluding carboxylic acids is 1. The van der Waals surface area contributed by atoms with E-state index in [0.717, 1.165) is 5.69 Å². The largest absolute Gasteiger partial charge is 0.495 e. The summed E-state index contributed by atoms with van der Waals surface area (Å²) in [5.74, 6) is 0.400. The minimum Gasteiger partial charge on any atom is -0.495 e. The van der Waals surface area contributed by atoms with E-state index in [9.17, 15) is 4.79 Å². The molecule has 1 heterocycles. The Morgan fingerprint density at radius 3 is 3.00 bits per heavy atom. The van der Waals surface area contributed by atoms with E-state index in [1.165, 1.54) is 7.11 Å². The standard InChI is InChI=1S/C12H12ClN3O2/c1-18-11-3-2-8(13)6-10(11)15-12(17)7-9-4-5-14-16-9/h2-6H,7H2,1H3,(H,14,16)(H,15,17). The molecule has 0 saturated carbocycles. The van der Waals surface area contributed by atoms with Crippen LogP contribution in [0.1, 0.15) is 5.69 Å². The first-order chi connectivity index (χ1) is 8.69. The number of aromatic nitrogens is 2. The van der Waals surface area contributed by atoms with E-state index in [1.807, 2.05) is 0 Å². The van der Waals surface area contributed by atoms with Gasteiger partial charge < -0.3 is 10.1 Å². The predicted molar refractivity (Wildman–Crippen MR) is 68.9 cm³/mol. The van der Waals surface area contributed by atoms with Gasteiger partial charge in [-0.15, -0.1) is 0 Å². The van der Waals surface area contributed by atoms with Crippen LogP contribution in [-0.2, 0) is 11.2 Å². The summed E-state index contributed by atoms with van der Waals surface area (Å²) in [6.45, 7) is 0. The average molecular weight is 266 g/mol. The number of anilines is 1. The summed E-state index contributed by atoms with van der Waals surface area (Å²) >= 11 is 5.88. The Morgan fingerprint density at radius 1 is 1.50 bits per heavy atom. The number of carbonyl (C=O) groups is 1. The maximum atomic E-state index is 11.8. The molecule has 1 aromatic carbocycles. The molecule has 0 unspecified atom stereocenters. The molecule has 2 N–H and O–H groups in total. The number of rotatable bonds is 4. The fourth-order valence-electron chi connectivity index (χ4n) is 1.53. The fourth-order valence-corrected chi connectivity index (χ4v) is 1.70. The second kappa shape index (κ2) is 5.55. The number of methoxy groups -OCH3 is 1. The van der Waals surface area contributed by atoms with Gasteiger partial charge in [-0.05, 0) is 24.3 Å². The Morgan fingerprint density at radius 2 is 2.33 bits per heavy atom. The van der Waals surface area contributed by atoms with E-state index in [-0.39, 0.29) is 12.3 Å². The summed E-state index contributed by atoms with van der Waals surface area (Å²) in [4.78, 5) is 11.8. The van der Waals surface area contributed by atoms with Crippen LogP contribution in [0.4, 0.5) is 5.69 Å². The molecule has 18 heavy (non-hydrogen) atoms. The minimum absolute atomic E-state index is 0.167. The van der Waals surface area contributed by atoms with Crippen LogP contribution in [0, 0.1) is 0 Å². The molecule has 0 atom stereocenters. The Labute approximate surface area is 109 Å². The van der Waals surface area contributed by atoms with Crippen molar-refractivity contribution in [3.8, 4) is 5.75 Å². The summed E-state index contributed by atoms with van der Waals surface area (Å²) in [6, 6.07) is 6.79. The third-order valence-corrected chi connectivity index (χ3v) is 2.58. The topological polar surface area (TPSA) is 67.0 Å². The van der Waals surface area contributed by atoms with Gasteiger partial charge in [-0.25, -0.2) is 0 Å². The molecular formula is C12H12ClN3O2. The van der Waals surface area contributed by atoms with Crippen molar-refractivity contribution in [2.45, 2.75) is 6.42 Å². The second-order valence-corrected chi connectivity index (χ2v) is 4.09. The molecular weight excluding hydrogens is 254 g/mol. The van der Waals surface area contributed by atoms with E-state index >= 15 is 0 Å². The van der Waals surface area contributed by atoms with Gasteiger partial charge in [0.25, 0.3) is 0 Å². The molecule has 1 amide bonds. The predicted octanol–water partition coefficient (Wildman–Crippen LogP) is 2.25. The number of aromatic amines is 1. The smallest absolute Gasteiger partial charge is 0.230 e. The van der Waals surface area contributed by atoms with Gasteiger partial charge in [-0.2, -0.15) is 5.10 Å². The highest BCUT2D eigenvalue weighted by molar-refractivity contribution is 6.31. The van der Waals surface area contributed by atoms with Crippen LogP contribution in [0.5, 0.6) is 5.75 Å². The number of halogens is 1. The zero-order valence-corrected chi connectivity index (χ0v) is 10.5. The van der Waals surface area contributed by atoms with Crippen LogP contribution in [0.3, 0.4) is 0 Å². The van der Waals surface area contributed by atoms with Crippen molar-refractivity contribution in [2.24, 2.45) is 0 Å². The lowest BCUT2D eigenvalue weighted by atomic mass is 10.2. The summed E-state index contributed by atoms with van der Waals surface area (Å²) in [5.41, 5.74) is 1.29. The number of amides is 1. The molecule has 0 aliphatic carbocycles. The van der Waals surface area contributed by atoms with Crippen molar-refractivity contribution in [1.82, 2.24) is 10.2 Å². The van der Waals surface area contributed by atoms with Gasteiger partial charge in [0, 0.05) is 16.9 Å². The van der Waals surface area contributed by atoms with Crippen LogP contribution in [0.2, 0.25) is 5.02 Å². The van der Waals surface area contributed by atoms with Crippen molar-refractivity contribution in [2.75, 3.05) is 12.4 Å². The third kappa shape index (κ3) is 3.01. The molecule has 5 nitrogen and oxygen atoms in total. The van der Waals surface area contributed by atoms with E-state index in [2.05, 4.69) is 15.5 Å². The molecule has 0 saturated heterocycles. The lowest BCUT2D eigenvalue weighted by Gasteiger charge is -2.10. The maximum Gasteiger partial charge on any atom is 0.230 e. The van der Waals surface area contributed by atoms with Gasteiger partial charge in [0.2, 0.25) is 5.91 Å². The van der Waals surface area contributed by atoms with E-state index in [0.29, 0.717) is 16.5 Å². The molecule has 94 valence electrons. The summed E-state index contributed by atoms with van der Waals surface area (Å²) in [6.07, 6.45) is 1.82. The van der Waals surface area contributed by atoms with Crippen LogP contribution in [0.25, 0.3) is 0 Å². The van der Waals surface area contributed by atoms with E-state index in [4.69, 9.17) is 16.3 Å². The van der Waals surface area contributed by atoms with Crippen molar-refractivity contribution >= 4 is 23.2 Å². The van der Waals surface area contributed by atoms with Gasteiger partial charge in [-0.3, -0.25) is 9.89 Å². The first-order valence-corrected chi connectivity index (χ1v) is 5.68. The number of hydrogen-bond acceptors (Lipinski definition) is 3. The lowest BCUT2D eigenvalue weighted by molar-refractivity contribution is -0.115. The molecule has 0 fully saturated rings. The normalized spacial score (nSPS) is 10.1. The molecule has 0 radical (unpaired) electrons. The van der Waals surface area contributed by atoms with Crippen LogP contribution in [0.15, 0.2) is 30.5 Å². The van der Waals surface area contributed by atoms with Crippen LogP contribution in [-0.4, -0.2) is 23.2 Å². The third-order valence-electron chi connectivity index (χ3n) is 2.35. The number of hydrogen-bond donors (Lipinski definition) is 2. The van der Waals surface area contributed by atoms with Gasteiger partial charge in [0.05, 0.1) is 19.2 Å². The molecule has 6 heteroatoms. The molecule has 0 spiro atoms.